The molecule has 0 saturated carbocycles. The fourth-order valence-electron chi connectivity index (χ4n) is 4.08. The SMILES string of the molecule is CCc1cccc(F)c1N1CCC2(CC1)COC(C)(C)C2. The first kappa shape index (κ1) is 14.8. The molecule has 2 heterocycles. The van der Waals surface area contributed by atoms with Crippen LogP contribution in [0.3, 0.4) is 0 Å². The van der Waals surface area contributed by atoms with E-state index >= 15 is 0 Å². The van der Waals surface area contributed by atoms with Crippen LogP contribution in [0.25, 0.3) is 0 Å². The van der Waals surface area contributed by atoms with Gasteiger partial charge in [-0.15, -0.1) is 0 Å². The summed E-state index contributed by atoms with van der Waals surface area (Å²) in [5, 5.41) is 0. The van der Waals surface area contributed by atoms with Crippen LogP contribution in [0.5, 0.6) is 0 Å². The summed E-state index contributed by atoms with van der Waals surface area (Å²) < 4.78 is 20.2. The molecule has 2 saturated heterocycles. The minimum absolute atomic E-state index is 0.00868. The fraction of sp³-hybridized carbons (Fsp3) is 0.667. The van der Waals surface area contributed by atoms with E-state index in [1.165, 1.54) is 0 Å². The Morgan fingerprint density at radius 2 is 1.95 bits per heavy atom. The maximum Gasteiger partial charge on any atom is 0.146 e. The van der Waals surface area contributed by atoms with E-state index in [9.17, 15) is 4.39 Å². The highest BCUT2D eigenvalue weighted by Gasteiger charge is 2.46. The van der Waals surface area contributed by atoms with E-state index in [0.29, 0.717) is 5.41 Å². The highest BCUT2D eigenvalue weighted by Crippen LogP contribution is 2.47. The zero-order valence-corrected chi connectivity index (χ0v) is 13.4. The van der Waals surface area contributed by atoms with E-state index in [0.717, 1.165) is 56.6 Å². The lowest BCUT2D eigenvalue weighted by molar-refractivity contribution is 0.0295. The van der Waals surface area contributed by atoms with Crippen LogP contribution in [0.4, 0.5) is 10.1 Å². The molecule has 0 radical (unpaired) electrons. The predicted octanol–water partition coefficient (Wildman–Crippen LogP) is 4.17. The molecule has 0 unspecified atom stereocenters. The van der Waals surface area contributed by atoms with Gasteiger partial charge in [-0.05, 0) is 56.6 Å². The van der Waals surface area contributed by atoms with Gasteiger partial charge in [-0.1, -0.05) is 19.1 Å². The largest absolute Gasteiger partial charge is 0.375 e. The van der Waals surface area contributed by atoms with Crippen LogP contribution in [0.15, 0.2) is 18.2 Å². The average molecular weight is 291 g/mol. The third kappa shape index (κ3) is 2.80. The molecule has 0 N–H and O–H groups in total. The van der Waals surface area contributed by atoms with E-state index in [-0.39, 0.29) is 11.4 Å². The number of hydrogen-bond donors (Lipinski definition) is 0. The molecule has 2 aliphatic heterocycles. The number of piperidine rings is 1. The Balaban J connectivity index is 1.75. The monoisotopic (exact) mass is 291 g/mol. The summed E-state index contributed by atoms with van der Waals surface area (Å²) in [6.07, 6.45) is 4.22. The smallest absolute Gasteiger partial charge is 0.146 e. The molecule has 0 atom stereocenters. The van der Waals surface area contributed by atoms with Gasteiger partial charge in [-0.25, -0.2) is 4.39 Å². The van der Waals surface area contributed by atoms with Crippen LogP contribution in [0, 0.1) is 11.2 Å². The van der Waals surface area contributed by atoms with Gasteiger partial charge in [0.1, 0.15) is 5.82 Å². The standard InChI is InChI=1S/C18H26FNO/c1-4-14-6-5-7-15(19)16(14)20-10-8-18(9-11-20)12-17(2,3)21-13-18/h5-7H,4,8-13H2,1-3H3. The number of halogens is 1. The van der Waals surface area contributed by atoms with Crippen LogP contribution in [0.2, 0.25) is 0 Å². The van der Waals surface area contributed by atoms with Crippen molar-refractivity contribution < 1.29 is 9.13 Å². The van der Waals surface area contributed by atoms with Crippen molar-refractivity contribution in [3.8, 4) is 0 Å². The molecule has 1 aromatic carbocycles. The highest BCUT2D eigenvalue weighted by atomic mass is 19.1. The van der Waals surface area contributed by atoms with Crippen LogP contribution in [-0.2, 0) is 11.2 Å². The van der Waals surface area contributed by atoms with Crippen LogP contribution >= 0.6 is 0 Å². The molecule has 116 valence electrons. The van der Waals surface area contributed by atoms with Gasteiger partial charge in [0, 0.05) is 13.1 Å². The van der Waals surface area contributed by atoms with Gasteiger partial charge in [0.15, 0.2) is 0 Å². The molecule has 0 amide bonds. The number of rotatable bonds is 2. The topological polar surface area (TPSA) is 12.5 Å². The van der Waals surface area contributed by atoms with Gasteiger partial charge < -0.3 is 9.64 Å². The Labute approximate surface area is 127 Å². The summed E-state index contributed by atoms with van der Waals surface area (Å²) >= 11 is 0. The minimum atomic E-state index is -0.0756. The number of para-hydroxylation sites is 1. The molecule has 3 heteroatoms. The van der Waals surface area contributed by atoms with Crippen molar-refractivity contribution in [2.45, 2.75) is 52.1 Å². The summed E-state index contributed by atoms with van der Waals surface area (Å²) in [5.41, 5.74) is 2.27. The second kappa shape index (κ2) is 5.28. The summed E-state index contributed by atoms with van der Waals surface area (Å²) in [5.74, 6) is -0.0756. The van der Waals surface area contributed by atoms with E-state index < -0.39 is 0 Å². The van der Waals surface area contributed by atoms with Crippen LogP contribution < -0.4 is 4.90 Å². The summed E-state index contributed by atoms with van der Waals surface area (Å²) in [7, 11) is 0. The molecule has 0 aromatic heterocycles. The number of ether oxygens (including phenoxy) is 1. The van der Waals surface area contributed by atoms with Crippen molar-refractivity contribution >= 4 is 5.69 Å². The van der Waals surface area contributed by atoms with Crippen molar-refractivity contribution in [1.82, 2.24) is 0 Å². The molecule has 1 spiro atoms. The normalized spacial score (nSPS) is 23.7. The van der Waals surface area contributed by atoms with Crippen molar-refractivity contribution in [2.75, 3.05) is 24.6 Å². The van der Waals surface area contributed by atoms with Gasteiger partial charge in [0.25, 0.3) is 0 Å². The number of anilines is 1. The van der Waals surface area contributed by atoms with Gasteiger partial charge >= 0.3 is 0 Å². The molecule has 2 fully saturated rings. The second-order valence-corrected chi connectivity index (χ2v) is 7.31. The minimum Gasteiger partial charge on any atom is -0.375 e. The predicted molar refractivity (Wildman–Crippen MR) is 84.3 cm³/mol. The first-order valence-electron chi connectivity index (χ1n) is 8.11. The van der Waals surface area contributed by atoms with Gasteiger partial charge in [-0.3, -0.25) is 0 Å². The number of aryl methyl sites for hydroxylation is 1. The first-order chi connectivity index (χ1) is 9.95. The number of nitrogens with zero attached hydrogens (tertiary/aromatic N) is 1. The van der Waals surface area contributed by atoms with Crippen LogP contribution in [-0.4, -0.2) is 25.3 Å². The van der Waals surface area contributed by atoms with Gasteiger partial charge in [0.2, 0.25) is 0 Å². The molecule has 21 heavy (non-hydrogen) atoms. The summed E-state index contributed by atoms with van der Waals surface area (Å²) in [6, 6.07) is 5.45. The van der Waals surface area contributed by atoms with E-state index in [2.05, 4.69) is 25.7 Å². The molecular formula is C18H26FNO. The maximum atomic E-state index is 14.2. The summed E-state index contributed by atoms with van der Waals surface area (Å²) in [6.45, 7) is 9.20. The fourth-order valence-corrected chi connectivity index (χ4v) is 4.08. The quantitative estimate of drug-likeness (QED) is 0.810. The Kier molecular flexibility index (Phi) is 3.73. The first-order valence-corrected chi connectivity index (χ1v) is 8.11. The van der Waals surface area contributed by atoms with E-state index in [1.807, 2.05) is 12.1 Å². The lowest BCUT2D eigenvalue weighted by Gasteiger charge is -2.40. The van der Waals surface area contributed by atoms with Gasteiger partial charge in [-0.2, -0.15) is 0 Å². The third-order valence-electron chi connectivity index (χ3n) is 5.16. The average Bonchev–Trinajstić information content (AvgIpc) is 2.75. The molecule has 1 aromatic rings. The zero-order chi connectivity index (χ0) is 15.1. The van der Waals surface area contributed by atoms with Crippen molar-refractivity contribution in [3.05, 3.63) is 29.6 Å². The number of hydrogen-bond acceptors (Lipinski definition) is 2. The van der Waals surface area contributed by atoms with Crippen molar-refractivity contribution in [2.24, 2.45) is 5.41 Å². The molecule has 3 rings (SSSR count). The maximum absolute atomic E-state index is 14.2. The molecule has 0 bridgehead atoms. The second-order valence-electron chi connectivity index (χ2n) is 7.31. The Morgan fingerprint density at radius 3 is 2.52 bits per heavy atom. The van der Waals surface area contributed by atoms with Crippen molar-refractivity contribution in [3.63, 3.8) is 0 Å². The summed E-state index contributed by atoms with van der Waals surface area (Å²) in [4.78, 5) is 2.24. The Hall–Kier alpha value is -1.09. The van der Waals surface area contributed by atoms with Crippen LogP contribution in [0.1, 0.15) is 45.6 Å². The van der Waals surface area contributed by atoms with Crippen molar-refractivity contribution in [1.29, 1.82) is 0 Å². The van der Waals surface area contributed by atoms with Gasteiger partial charge in [0.05, 0.1) is 17.9 Å². The zero-order valence-electron chi connectivity index (χ0n) is 13.4. The van der Waals surface area contributed by atoms with E-state index in [1.54, 1.807) is 6.07 Å². The Morgan fingerprint density at radius 1 is 1.24 bits per heavy atom. The lowest BCUT2D eigenvalue weighted by atomic mass is 9.74. The number of benzene rings is 1. The van der Waals surface area contributed by atoms with E-state index in [4.69, 9.17) is 4.74 Å². The Bertz CT molecular complexity index is 518. The molecule has 2 nitrogen and oxygen atoms in total. The molecular weight excluding hydrogens is 265 g/mol. The molecule has 2 aliphatic rings. The molecule has 0 aliphatic carbocycles. The highest BCUT2D eigenvalue weighted by molar-refractivity contribution is 5.55. The third-order valence-corrected chi connectivity index (χ3v) is 5.16. The lowest BCUT2D eigenvalue weighted by Crippen LogP contribution is -2.41.